The molecule has 4 aromatic rings. The van der Waals surface area contributed by atoms with Crippen LogP contribution in [0.4, 0.5) is 4.39 Å². The van der Waals surface area contributed by atoms with Crippen LogP contribution in [0.25, 0.3) is 0 Å². The molecule has 0 N–H and O–H groups in total. The maximum absolute atomic E-state index is 13.4. The van der Waals surface area contributed by atoms with Gasteiger partial charge in [0.1, 0.15) is 17.6 Å². The zero-order chi connectivity index (χ0) is 23.3. The molecule has 1 amide bonds. The summed E-state index contributed by atoms with van der Waals surface area (Å²) >= 11 is 0. The number of aromatic nitrogens is 2. The summed E-state index contributed by atoms with van der Waals surface area (Å²) in [6.45, 7) is 0.664. The van der Waals surface area contributed by atoms with Crippen LogP contribution >= 0.6 is 0 Å². The van der Waals surface area contributed by atoms with Crippen LogP contribution in [0.3, 0.4) is 0 Å². The van der Waals surface area contributed by atoms with Crippen molar-refractivity contribution in [3.8, 4) is 0 Å². The lowest BCUT2D eigenvalue weighted by Crippen LogP contribution is -2.38. The Labute approximate surface area is 198 Å². The molecule has 6 heteroatoms. The van der Waals surface area contributed by atoms with Gasteiger partial charge in [-0.1, -0.05) is 42.5 Å². The molecule has 1 fully saturated rings. The molecule has 0 spiro atoms. The molecule has 3 heterocycles. The van der Waals surface area contributed by atoms with Gasteiger partial charge < -0.3 is 9.32 Å². The number of benzene rings is 2. The Kier molecular flexibility index (Phi) is 6.47. The number of likely N-dealkylation sites (tertiary alicyclic amines) is 1. The minimum Gasteiger partial charge on any atom is -0.443 e. The second kappa shape index (κ2) is 10.00. The van der Waals surface area contributed by atoms with Crippen LogP contribution in [0.1, 0.15) is 64.1 Å². The van der Waals surface area contributed by atoms with Crippen molar-refractivity contribution in [2.75, 3.05) is 6.54 Å². The van der Waals surface area contributed by atoms with Gasteiger partial charge in [-0.3, -0.25) is 9.78 Å². The van der Waals surface area contributed by atoms with Crippen molar-refractivity contribution in [1.29, 1.82) is 0 Å². The van der Waals surface area contributed by atoms with E-state index in [0.717, 1.165) is 41.8 Å². The Morgan fingerprint density at radius 2 is 1.71 bits per heavy atom. The molecule has 0 unspecified atom stereocenters. The zero-order valence-corrected chi connectivity index (χ0v) is 18.9. The number of hydrogen-bond acceptors (Lipinski definition) is 4. The molecule has 0 aliphatic carbocycles. The Morgan fingerprint density at radius 3 is 2.47 bits per heavy atom. The quantitative estimate of drug-likeness (QED) is 0.371. The van der Waals surface area contributed by atoms with E-state index in [1.54, 1.807) is 24.5 Å². The maximum Gasteiger partial charge on any atom is 0.256 e. The number of carbonyl (C=O) groups is 1. The first-order valence-electron chi connectivity index (χ1n) is 11.6. The first kappa shape index (κ1) is 22.0. The predicted octanol–water partition coefficient (Wildman–Crippen LogP) is 5.76. The van der Waals surface area contributed by atoms with Crippen LogP contribution in [0.2, 0.25) is 0 Å². The van der Waals surface area contributed by atoms with Crippen molar-refractivity contribution in [3.63, 3.8) is 0 Å². The maximum atomic E-state index is 13.4. The van der Waals surface area contributed by atoms with Crippen LogP contribution in [-0.2, 0) is 12.8 Å². The topological polar surface area (TPSA) is 59.2 Å². The van der Waals surface area contributed by atoms with E-state index in [1.807, 2.05) is 35.2 Å². The number of halogens is 1. The molecule has 1 aliphatic rings. The molecular formula is C28H26FN3O2. The van der Waals surface area contributed by atoms with Gasteiger partial charge in [0.05, 0.1) is 11.8 Å². The zero-order valence-electron chi connectivity index (χ0n) is 18.9. The van der Waals surface area contributed by atoms with Gasteiger partial charge in [-0.15, -0.1) is 0 Å². The normalized spacial score (nSPS) is 15.9. The first-order chi connectivity index (χ1) is 16.7. The highest BCUT2D eigenvalue weighted by molar-refractivity contribution is 5.94. The molecule has 1 saturated heterocycles. The number of nitrogens with zero attached hydrogens (tertiary/aromatic N) is 3. The van der Waals surface area contributed by atoms with E-state index < -0.39 is 0 Å². The van der Waals surface area contributed by atoms with Crippen LogP contribution < -0.4 is 0 Å². The van der Waals surface area contributed by atoms with E-state index in [4.69, 9.17) is 4.42 Å². The molecule has 34 heavy (non-hydrogen) atoms. The average Bonchev–Trinajstić information content (AvgIpc) is 3.34. The monoisotopic (exact) mass is 455 g/mol. The highest BCUT2D eigenvalue weighted by Crippen LogP contribution is 2.32. The lowest BCUT2D eigenvalue weighted by Gasteiger charge is -2.33. The highest BCUT2D eigenvalue weighted by Gasteiger charge is 2.32. The van der Waals surface area contributed by atoms with Crippen molar-refractivity contribution in [2.24, 2.45) is 0 Å². The van der Waals surface area contributed by atoms with Gasteiger partial charge in [0.25, 0.3) is 5.91 Å². The molecule has 2 aromatic carbocycles. The van der Waals surface area contributed by atoms with E-state index in [1.165, 1.54) is 12.1 Å². The van der Waals surface area contributed by atoms with Gasteiger partial charge in [-0.2, -0.15) is 0 Å². The summed E-state index contributed by atoms with van der Waals surface area (Å²) in [5, 5.41) is 0. The average molecular weight is 456 g/mol. The number of amides is 1. The summed E-state index contributed by atoms with van der Waals surface area (Å²) in [5.74, 6) is 1.08. The number of carbonyl (C=O) groups excluding carboxylic acids is 1. The van der Waals surface area contributed by atoms with E-state index in [-0.39, 0.29) is 17.8 Å². The summed E-state index contributed by atoms with van der Waals surface area (Å²) in [5.41, 5.74) is 3.51. The Bertz CT molecular complexity index is 1240. The molecule has 1 atom stereocenters. The Morgan fingerprint density at radius 1 is 0.912 bits per heavy atom. The van der Waals surface area contributed by atoms with Crippen LogP contribution in [-0.4, -0.2) is 27.3 Å². The first-order valence-corrected chi connectivity index (χ1v) is 11.6. The second-order valence-electron chi connectivity index (χ2n) is 8.68. The number of piperidine rings is 1. The van der Waals surface area contributed by atoms with Crippen LogP contribution in [0, 0.1) is 5.82 Å². The van der Waals surface area contributed by atoms with E-state index in [9.17, 15) is 9.18 Å². The summed E-state index contributed by atoms with van der Waals surface area (Å²) in [6.07, 6.45) is 7.47. The summed E-state index contributed by atoms with van der Waals surface area (Å²) < 4.78 is 19.2. The van der Waals surface area contributed by atoms with Gasteiger partial charge in [0.15, 0.2) is 0 Å². The largest absolute Gasteiger partial charge is 0.443 e. The third-order valence-electron chi connectivity index (χ3n) is 6.21. The number of oxazole rings is 1. The minimum absolute atomic E-state index is 0.0617. The van der Waals surface area contributed by atoms with Crippen molar-refractivity contribution >= 4 is 5.91 Å². The molecule has 5 rings (SSSR count). The minimum atomic E-state index is -0.257. The molecule has 5 nitrogen and oxygen atoms in total. The Balaban J connectivity index is 1.29. The van der Waals surface area contributed by atoms with Gasteiger partial charge in [-0.25, -0.2) is 9.37 Å². The molecule has 0 bridgehead atoms. The van der Waals surface area contributed by atoms with Crippen LogP contribution in [0.15, 0.2) is 83.5 Å². The van der Waals surface area contributed by atoms with E-state index in [0.29, 0.717) is 30.8 Å². The number of pyridine rings is 1. The van der Waals surface area contributed by atoms with Crippen molar-refractivity contribution in [2.45, 2.75) is 38.1 Å². The molecule has 172 valence electrons. The van der Waals surface area contributed by atoms with Crippen molar-refractivity contribution < 1.29 is 13.6 Å². The van der Waals surface area contributed by atoms with E-state index >= 15 is 0 Å². The fourth-order valence-electron chi connectivity index (χ4n) is 4.42. The molecule has 2 aromatic heterocycles. The smallest absolute Gasteiger partial charge is 0.256 e. The number of rotatable bonds is 6. The molecule has 1 aliphatic heterocycles. The molecular weight excluding hydrogens is 429 g/mol. The standard InChI is InChI=1S/C28H26FN3O2/c29-23-12-9-21(10-13-23)16-24-14-11-22(18-30-24)28(33)32-15-5-4-8-26(32)27-31-19-25(34-27)17-20-6-2-1-3-7-20/h1-3,6-7,9-14,18-19,26H,4-5,8,15-17H2/t26-/m0/s1. The molecule has 0 radical (unpaired) electrons. The fraction of sp³-hybridized carbons (Fsp3) is 0.250. The number of hydrogen-bond donors (Lipinski definition) is 0. The summed E-state index contributed by atoms with van der Waals surface area (Å²) in [6, 6.07) is 20.0. The third kappa shape index (κ3) is 5.06. The van der Waals surface area contributed by atoms with Gasteiger partial charge >= 0.3 is 0 Å². The van der Waals surface area contributed by atoms with Crippen LogP contribution in [0.5, 0.6) is 0 Å². The van der Waals surface area contributed by atoms with Gasteiger partial charge in [0.2, 0.25) is 5.89 Å². The fourth-order valence-corrected chi connectivity index (χ4v) is 4.42. The highest BCUT2D eigenvalue weighted by atomic mass is 19.1. The summed E-state index contributed by atoms with van der Waals surface area (Å²) in [7, 11) is 0. The van der Waals surface area contributed by atoms with Crippen molar-refractivity contribution in [3.05, 3.63) is 119 Å². The van der Waals surface area contributed by atoms with Gasteiger partial charge in [0, 0.05) is 31.3 Å². The summed E-state index contributed by atoms with van der Waals surface area (Å²) in [4.78, 5) is 24.2. The second-order valence-corrected chi connectivity index (χ2v) is 8.68. The SMILES string of the molecule is O=C(c1ccc(Cc2ccc(F)cc2)nc1)N1CCCC[C@H]1c1ncc(Cc2ccccc2)o1. The van der Waals surface area contributed by atoms with Gasteiger partial charge in [-0.05, 0) is 54.7 Å². The third-order valence-corrected chi connectivity index (χ3v) is 6.21. The molecule has 0 saturated carbocycles. The van der Waals surface area contributed by atoms with E-state index in [2.05, 4.69) is 22.1 Å². The lowest BCUT2D eigenvalue weighted by molar-refractivity contribution is 0.0569. The Hall–Kier alpha value is -3.80. The lowest BCUT2D eigenvalue weighted by atomic mass is 10.0. The predicted molar refractivity (Wildman–Crippen MR) is 127 cm³/mol. The van der Waals surface area contributed by atoms with Crippen molar-refractivity contribution in [1.82, 2.24) is 14.9 Å².